The molecule has 3 heteroatoms. The number of ketones is 1. The third kappa shape index (κ3) is 2.86. The number of hydrogen-bond acceptors (Lipinski definition) is 2. The van der Waals surface area contributed by atoms with Crippen LogP contribution >= 0.6 is 0 Å². The molecule has 3 nitrogen and oxygen atoms in total. The van der Waals surface area contributed by atoms with E-state index in [0.717, 1.165) is 5.56 Å². The van der Waals surface area contributed by atoms with Crippen molar-refractivity contribution in [2.24, 2.45) is 7.05 Å². The summed E-state index contributed by atoms with van der Waals surface area (Å²) in [4.78, 5) is 12.0. The molecular weight excluding hydrogens is 224 g/mol. The fourth-order valence-corrected chi connectivity index (χ4v) is 1.86. The van der Waals surface area contributed by atoms with E-state index in [1.54, 1.807) is 16.9 Å². The van der Waals surface area contributed by atoms with Crippen molar-refractivity contribution in [3.63, 3.8) is 0 Å². The summed E-state index contributed by atoms with van der Waals surface area (Å²) in [6, 6.07) is 9.98. The molecular formula is C15H18N2O. The van der Waals surface area contributed by atoms with Gasteiger partial charge >= 0.3 is 0 Å². The molecule has 0 N–H and O–H groups in total. The first-order valence-corrected chi connectivity index (χ1v) is 6.18. The van der Waals surface area contributed by atoms with Gasteiger partial charge < -0.3 is 0 Å². The van der Waals surface area contributed by atoms with Crippen LogP contribution in [-0.2, 0) is 13.5 Å². The van der Waals surface area contributed by atoms with Gasteiger partial charge in [-0.1, -0.05) is 38.1 Å². The highest BCUT2D eigenvalue weighted by Crippen LogP contribution is 2.15. The standard InChI is InChI=1S/C15H18N2O/c1-11(2)13-6-4-12(5-7-13)10-15(18)14-8-9-17(3)16-14/h4-9,11H,10H2,1-3H3. The van der Waals surface area contributed by atoms with E-state index in [0.29, 0.717) is 18.0 Å². The Bertz CT molecular complexity index is 538. The largest absolute Gasteiger partial charge is 0.292 e. The molecule has 2 rings (SSSR count). The highest BCUT2D eigenvalue weighted by atomic mass is 16.1. The predicted octanol–water partition coefficient (Wildman–Crippen LogP) is 2.97. The Hall–Kier alpha value is -1.90. The Morgan fingerprint density at radius 2 is 1.89 bits per heavy atom. The lowest BCUT2D eigenvalue weighted by Gasteiger charge is -2.06. The summed E-state index contributed by atoms with van der Waals surface area (Å²) < 4.78 is 1.65. The molecule has 0 aliphatic carbocycles. The number of Topliss-reactive ketones (excluding diaryl/α,β-unsaturated/α-hetero) is 1. The third-order valence-corrected chi connectivity index (χ3v) is 3.01. The number of carbonyl (C=O) groups is 1. The van der Waals surface area contributed by atoms with Crippen LogP contribution in [-0.4, -0.2) is 15.6 Å². The van der Waals surface area contributed by atoms with Crippen LogP contribution in [0.4, 0.5) is 0 Å². The third-order valence-electron chi connectivity index (χ3n) is 3.01. The molecule has 0 saturated heterocycles. The molecule has 1 aromatic heterocycles. The molecule has 0 fully saturated rings. The average molecular weight is 242 g/mol. The minimum absolute atomic E-state index is 0.0629. The first-order chi connectivity index (χ1) is 8.56. The zero-order valence-electron chi connectivity index (χ0n) is 11.1. The van der Waals surface area contributed by atoms with Gasteiger partial charge in [0.05, 0.1) is 0 Å². The Morgan fingerprint density at radius 3 is 2.39 bits per heavy atom. The monoisotopic (exact) mass is 242 g/mol. The number of aryl methyl sites for hydroxylation is 1. The summed E-state index contributed by atoms with van der Waals surface area (Å²) in [5.41, 5.74) is 2.87. The lowest BCUT2D eigenvalue weighted by atomic mass is 9.99. The number of rotatable bonds is 4. The van der Waals surface area contributed by atoms with Gasteiger partial charge in [-0.15, -0.1) is 0 Å². The van der Waals surface area contributed by atoms with E-state index in [4.69, 9.17) is 0 Å². The maximum Gasteiger partial charge on any atom is 0.187 e. The van der Waals surface area contributed by atoms with Crippen molar-refractivity contribution in [1.82, 2.24) is 9.78 Å². The van der Waals surface area contributed by atoms with Crippen LogP contribution in [0, 0.1) is 0 Å². The number of nitrogens with zero attached hydrogens (tertiary/aromatic N) is 2. The summed E-state index contributed by atoms with van der Waals surface area (Å²) in [7, 11) is 1.81. The van der Waals surface area contributed by atoms with Gasteiger partial charge in [0, 0.05) is 19.7 Å². The van der Waals surface area contributed by atoms with Crippen molar-refractivity contribution in [2.45, 2.75) is 26.2 Å². The molecule has 0 unspecified atom stereocenters. The van der Waals surface area contributed by atoms with Gasteiger partial charge in [-0.3, -0.25) is 9.48 Å². The van der Waals surface area contributed by atoms with E-state index in [1.807, 2.05) is 19.2 Å². The fraction of sp³-hybridized carbons (Fsp3) is 0.333. The van der Waals surface area contributed by atoms with E-state index in [9.17, 15) is 4.79 Å². The highest BCUT2D eigenvalue weighted by molar-refractivity contribution is 5.95. The average Bonchev–Trinajstić information content (AvgIpc) is 2.76. The van der Waals surface area contributed by atoms with E-state index in [1.165, 1.54) is 5.56 Å². The second-order valence-corrected chi connectivity index (χ2v) is 4.87. The van der Waals surface area contributed by atoms with Gasteiger partial charge in [-0.2, -0.15) is 5.10 Å². The van der Waals surface area contributed by atoms with Gasteiger partial charge in [-0.25, -0.2) is 0 Å². The topological polar surface area (TPSA) is 34.9 Å². The SMILES string of the molecule is CC(C)c1ccc(CC(=O)c2ccn(C)n2)cc1. The van der Waals surface area contributed by atoms with Crippen LogP contribution < -0.4 is 0 Å². The molecule has 0 spiro atoms. The molecule has 94 valence electrons. The van der Waals surface area contributed by atoms with E-state index in [2.05, 4.69) is 31.1 Å². The lowest BCUT2D eigenvalue weighted by molar-refractivity contribution is 0.0987. The molecule has 1 heterocycles. The molecule has 0 radical (unpaired) electrons. The number of aromatic nitrogens is 2. The van der Waals surface area contributed by atoms with Crippen molar-refractivity contribution in [1.29, 1.82) is 0 Å². The van der Waals surface area contributed by atoms with Crippen molar-refractivity contribution in [3.05, 3.63) is 53.3 Å². The lowest BCUT2D eigenvalue weighted by Crippen LogP contribution is -2.05. The molecule has 2 aromatic rings. The summed E-state index contributed by atoms with van der Waals surface area (Å²) >= 11 is 0. The van der Waals surface area contributed by atoms with Crippen LogP contribution in [0.5, 0.6) is 0 Å². The van der Waals surface area contributed by atoms with Gasteiger partial charge in [0.2, 0.25) is 0 Å². The van der Waals surface area contributed by atoms with Crippen LogP contribution in [0.3, 0.4) is 0 Å². The first-order valence-electron chi connectivity index (χ1n) is 6.18. The van der Waals surface area contributed by atoms with Crippen LogP contribution in [0.1, 0.15) is 41.4 Å². The summed E-state index contributed by atoms with van der Waals surface area (Å²) in [6.07, 6.45) is 2.20. The molecule has 0 saturated carbocycles. The fourth-order valence-electron chi connectivity index (χ4n) is 1.86. The number of hydrogen-bond donors (Lipinski definition) is 0. The maximum atomic E-state index is 12.0. The Kier molecular flexibility index (Phi) is 3.60. The Labute approximate surface area is 107 Å². The molecule has 0 aliphatic rings. The molecule has 1 aromatic carbocycles. The molecule has 0 amide bonds. The van der Waals surface area contributed by atoms with Gasteiger partial charge in [0.25, 0.3) is 0 Å². The zero-order valence-corrected chi connectivity index (χ0v) is 11.1. The Morgan fingerprint density at radius 1 is 1.22 bits per heavy atom. The summed E-state index contributed by atoms with van der Waals surface area (Å²) in [5.74, 6) is 0.582. The maximum absolute atomic E-state index is 12.0. The second kappa shape index (κ2) is 5.17. The zero-order chi connectivity index (χ0) is 13.1. The summed E-state index contributed by atoms with van der Waals surface area (Å²) in [6.45, 7) is 4.32. The van der Waals surface area contributed by atoms with Gasteiger partial charge in [-0.05, 0) is 23.1 Å². The van der Waals surface area contributed by atoms with Crippen LogP contribution in [0.2, 0.25) is 0 Å². The van der Waals surface area contributed by atoms with Gasteiger partial charge in [0.15, 0.2) is 5.78 Å². The minimum atomic E-state index is 0.0629. The molecule has 0 aliphatic heterocycles. The Balaban J connectivity index is 2.07. The van der Waals surface area contributed by atoms with Crippen molar-refractivity contribution < 1.29 is 4.79 Å². The van der Waals surface area contributed by atoms with E-state index >= 15 is 0 Å². The first kappa shape index (κ1) is 12.6. The summed E-state index contributed by atoms with van der Waals surface area (Å²) in [5, 5.41) is 4.12. The minimum Gasteiger partial charge on any atom is -0.292 e. The van der Waals surface area contributed by atoms with Gasteiger partial charge in [0.1, 0.15) is 5.69 Å². The van der Waals surface area contributed by atoms with E-state index < -0.39 is 0 Å². The predicted molar refractivity (Wildman–Crippen MR) is 71.8 cm³/mol. The molecule has 0 atom stereocenters. The van der Waals surface area contributed by atoms with Crippen LogP contribution in [0.25, 0.3) is 0 Å². The second-order valence-electron chi connectivity index (χ2n) is 4.87. The van der Waals surface area contributed by atoms with Crippen molar-refractivity contribution in [3.8, 4) is 0 Å². The normalized spacial score (nSPS) is 10.9. The smallest absolute Gasteiger partial charge is 0.187 e. The van der Waals surface area contributed by atoms with Crippen molar-refractivity contribution in [2.75, 3.05) is 0 Å². The highest BCUT2D eigenvalue weighted by Gasteiger charge is 2.10. The van der Waals surface area contributed by atoms with Crippen LogP contribution in [0.15, 0.2) is 36.5 Å². The van der Waals surface area contributed by atoms with E-state index in [-0.39, 0.29) is 5.78 Å². The number of benzene rings is 1. The molecule has 18 heavy (non-hydrogen) atoms. The van der Waals surface area contributed by atoms with Crippen molar-refractivity contribution >= 4 is 5.78 Å². The molecule has 0 bridgehead atoms. The quantitative estimate of drug-likeness (QED) is 0.772. The number of carbonyl (C=O) groups excluding carboxylic acids is 1.